The van der Waals surface area contributed by atoms with Crippen molar-refractivity contribution in [3.63, 3.8) is 0 Å². The molecular formula is C11H15N5OS. The van der Waals surface area contributed by atoms with Crippen LogP contribution >= 0.6 is 11.3 Å². The number of anilines is 2. The van der Waals surface area contributed by atoms with Crippen LogP contribution in [-0.4, -0.2) is 21.1 Å². The third-order valence-corrected chi connectivity index (χ3v) is 3.69. The van der Waals surface area contributed by atoms with Crippen LogP contribution in [0.25, 0.3) is 0 Å². The summed E-state index contributed by atoms with van der Waals surface area (Å²) in [5.41, 5.74) is 8.14. The van der Waals surface area contributed by atoms with Crippen LogP contribution in [0.5, 0.6) is 0 Å². The van der Waals surface area contributed by atoms with E-state index in [2.05, 4.69) is 20.5 Å². The topological polar surface area (TPSA) is 96.7 Å². The fraction of sp³-hybridized carbons (Fsp3) is 0.364. The van der Waals surface area contributed by atoms with E-state index in [1.807, 2.05) is 20.8 Å². The zero-order valence-electron chi connectivity index (χ0n) is 10.5. The molecule has 2 heterocycles. The number of nitrogens with one attached hydrogen (secondary N) is 2. The van der Waals surface area contributed by atoms with Crippen molar-refractivity contribution in [2.75, 3.05) is 11.1 Å². The normalized spacial score (nSPS) is 10.6. The number of hydrogen-bond acceptors (Lipinski definition) is 5. The third kappa shape index (κ3) is 2.21. The van der Waals surface area contributed by atoms with E-state index in [4.69, 9.17) is 5.73 Å². The fourth-order valence-electron chi connectivity index (χ4n) is 1.51. The quantitative estimate of drug-likeness (QED) is 0.789. The van der Waals surface area contributed by atoms with Gasteiger partial charge in [-0.15, -0.1) is 11.3 Å². The number of amides is 1. The first kappa shape index (κ1) is 12.6. The average molecular weight is 265 g/mol. The SMILES string of the molecule is CCc1[nH]nc(C(=O)Nc2nc(C)c(C)s2)c1N. The monoisotopic (exact) mass is 265 g/mol. The molecule has 0 radical (unpaired) electrons. The van der Waals surface area contributed by atoms with E-state index >= 15 is 0 Å². The molecule has 0 atom stereocenters. The lowest BCUT2D eigenvalue weighted by Gasteiger charge is -1.99. The van der Waals surface area contributed by atoms with E-state index in [1.54, 1.807) is 0 Å². The molecule has 2 aromatic heterocycles. The lowest BCUT2D eigenvalue weighted by Crippen LogP contribution is -2.14. The van der Waals surface area contributed by atoms with Crippen LogP contribution in [0.2, 0.25) is 0 Å². The van der Waals surface area contributed by atoms with Crippen LogP contribution in [0.15, 0.2) is 0 Å². The Bertz CT molecular complexity index is 567. The summed E-state index contributed by atoms with van der Waals surface area (Å²) in [7, 11) is 0. The number of H-pyrrole nitrogens is 1. The lowest BCUT2D eigenvalue weighted by atomic mass is 10.2. The van der Waals surface area contributed by atoms with E-state index in [9.17, 15) is 4.79 Å². The number of rotatable bonds is 3. The summed E-state index contributed by atoms with van der Waals surface area (Å²) in [6, 6.07) is 0. The predicted octanol–water partition coefficient (Wildman–Crippen LogP) is 1.88. The first-order valence-electron chi connectivity index (χ1n) is 5.61. The van der Waals surface area contributed by atoms with Gasteiger partial charge in [0.05, 0.1) is 17.1 Å². The minimum absolute atomic E-state index is 0.220. The molecule has 96 valence electrons. The minimum Gasteiger partial charge on any atom is -0.395 e. The molecule has 0 aliphatic carbocycles. The maximum atomic E-state index is 12.0. The second-order valence-electron chi connectivity index (χ2n) is 3.93. The van der Waals surface area contributed by atoms with E-state index in [0.29, 0.717) is 17.2 Å². The van der Waals surface area contributed by atoms with E-state index in [-0.39, 0.29) is 11.6 Å². The molecule has 0 saturated heterocycles. The van der Waals surface area contributed by atoms with Gasteiger partial charge < -0.3 is 5.73 Å². The molecule has 0 bridgehead atoms. The molecule has 1 amide bonds. The maximum absolute atomic E-state index is 12.0. The van der Waals surface area contributed by atoms with Crippen molar-refractivity contribution in [3.05, 3.63) is 22.0 Å². The molecular weight excluding hydrogens is 250 g/mol. The molecule has 0 aliphatic heterocycles. The zero-order valence-corrected chi connectivity index (χ0v) is 11.3. The summed E-state index contributed by atoms with van der Waals surface area (Å²) in [5, 5.41) is 9.95. The smallest absolute Gasteiger partial charge is 0.280 e. The van der Waals surface area contributed by atoms with Crippen LogP contribution in [-0.2, 0) is 6.42 Å². The molecule has 0 unspecified atom stereocenters. The molecule has 0 fully saturated rings. The van der Waals surface area contributed by atoms with Crippen LogP contribution < -0.4 is 11.1 Å². The molecule has 0 aliphatic rings. The highest BCUT2D eigenvalue weighted by Gasteiger charge is 2.17. The van der Waals surface area contributed by atoms with Crippen LogP contribution in [0.4, 0.5) is 10.8 Å². The number of carbonyl (C=O) groups excluding carboxylic acids is 1. The summed E-state index contributed by atoms with van der Waals surface area (Å²) < 4.78 is 0. The van der Waals surface area contributed by atoms with Gasteiger partial charge in [0.1, 0.15) is 0 Å². The van der Waals surface area contributed by atoms with Crippen molar-refractivity contribution in [2.45, 2.75) is 27.2 Å². The summed E-state index contributed by atoms with van der Waals surface area (Å²) >= 11 is 1.43. The van der Waals surface area contributed by atoms with E-state index in [1.165, 1.54) is 11.3 Å². The maximum Gasteiger partial charge on any atom is 0.280 e. The fourth-order valence-corrected chi connectivity index (χ4v) is 2.32. The van der Waals surface area contributed by atoms with Gasteiger partial charge in [0.25, 0.3) is 5.91 Å². The van der Waals surface area contributed by atoms with Crippen LogP contribution in [0, 0.1) is 13.8 Å². The Morgan fingerprint density at radius 1 is 1.50 bits per heavy atom. The molecule has 0 spiro atoms. The average Bonchev–Trinajstić information content (AvgIpc) is 2.83. The number of nitrogen functional groups attached to an aromatic ring is 1. The van der Waals surface area contributed by atoms with Gasteiger partial charge in [-0.05, 0) is 20.3 Å². The first-order chi connectivity index (χ1) is 8.52. The van der Waals surface area contributed by atoms with Crippen LogP contribution in [0.3, 0.4) is 0 Å². The molecule has 2 aromatic rings. The summed E-state index contributed by atoms with van der Waals surface area (Å²) in [6.07, 6.45) is 0.710. The van der Waals surface area contributed by atoms with Gasteiger partial charge in [-0.3, -0.25) is 15.2 Å². The van der Waals surface area contributed by atoms with E-state index in [0.717, 1.165) is 16.3 Å². The summed E-state index contributed by atoms with van der Waals surface area (Å²) in [4.78, 5) is 17.3. The number of aryl methyl sites for hydroxylation is 3. The molecule has 2 rings (SSSR count). The van der Waals surface area contributed by atoms with Gasteiger partial charge >= 0.3 is 0 Å². The highest BCUT2D eigenvalue weighted by Crippen LogP contribution is 2.22. The van der Waals surface area contributed by atoms with Gasteiger partial charge in [0.2, 0.25) is 0 Å². The van der Waals surface area contributed by atoms with Crippen molar-refractivity contribution >= 4 is 28.1 Å². The lowest BCUT2D eigenvalue weighted by molar-refractivity contribution is 0.102. The van der Waals surface area contributed by atoms with Crippen molar-refractivity contribution in [1.29, 1.82) is 0 Å². The van der Waals surface area contributed by atoms with Crippen molar-refractivity contribution < 1.29 is 4.79 Å². The third-order valence-electron chi connectivity index (χ3n) is 2.70. The van der Waals surface area contributed by atoms with Crippen molar-refractivity contribution in [2.24, 2.45) is 0 Å². The number of nitrogens with two attached hydrogens (primary N) is 1. The first-order valence-corrected chi connectivity index (χ1v) is 6.42. The minimum atomic E-state index is -0.336. The number of carbonyl (C=O) groups is 1. The van der Waals surface area contributed by atoms with Crippen molar-refractivity contribution in [3.8, 4) is 0 Å². The highest BCUT2D eigenvalue weighted by molar-refractivity contribution is 7.15. The largest absolute Gasteiger partial charge is 0.395 e. The molecule has 4 N–H and O–H groups in total. The van der Waals surface area contributed by atoms with Gasteiger partial charge in [-0.25, -0.2) is 4.98 Å². The number of nitrogens with zero attached hydrogens (tertiary/aromatic N) is 2. The standard InChI is InChI=1S/C11H15N5OS/c1-4-7-8(12)9(16-15-7)10(17)14-11-13-5(2)6(3)18-11/h4,12H2,1-3H3,(H,15,16)(H,13,14,17). The van der Waals surface area contributed by atoms with Crippen molar-refractivity contribution in [1.82, 2.24) is 15.2 Å². The Morgan fingerprint density at radius 2 is 2.22 bits per heavy atom. The molecule has 0 saturated carbocycles. The van der Waals surface area contributed by atoms with E-state index < -0.39 is 0 Å². The van der Waals surface area contributed by atoms with Gasteiger partial charge in [-0.1, -0.05) is 6.92 Å². The highest BCUT2D eigenvalue weighted by atomic mass is 32.1. The predicted molar refractivity (Wildman–Crippen MR) is 71.9 cm³/mol. The number of aromatic nitrogens is 3. The Morgan fingerprint density at radius 3 is 2.72 bits per heavy atom. The molecule has 0 aromatic carbocycles. The van der Waals surface area contributed by atoms with Gasteiger partial charge in [0.15, 0.2) is 10.8 Å². The van der Waals surface area contributed by atoms with Gasteiger partial charge in [0, 0.05) is 4.88 Å². The van der Waals surface area contributed by atoms with Gasteiger partial charge in [-0.2, -0.15) is 5.10 Å². The number of thiazole rings is 1. The molecule has 18 heavy (non-hydrogen) atoms. The second kappa shape index (κ2) is 4.77. The summed E-state index contributed by atoms with van der Waals surface area (Å²) in [5.74, 6) is -0.336. The Hall–Kier alpha value is -1.89. The Balaban J connectivity index is 2.19. The number of aromatic amines is 1. The Labute approximate surface area is 109 Å². The van der Waals surface area contributed by atoms with Crippen LogP contribution in [0.1, 0.15) is 33.7 Å². The zero-order chi connectivity index (χ0) is 13.3. The Kier molecular flexibility index (Phi) is 3.33. The molecule has 6 nitrogen and oxygen atoms in total. The number of hydrogen-bond donors (Lipinski definition) is 3. The second-order valence-corrected chi connectivity index (χ2v) is 5.14. The molecule has 7 heteroatoms. The summed E-state index contributed by atoms with van der Waals surface area (Å²) in [6.45, 7) is 5.80.